The molecule has 0 unspecified atom stereocenters. The molecule has 0 bridgehead atoms. The minimum atomic E-state index is -0.128. The summed E-state index contributed by atoms with van der Waals surface area (Å²) in [5.74, 6) is 0.647. The first-order valence-electron chi connectivity index (χ1n) is 6.67. The van der Waals surface area contributed by atoms with Crippen LogP contribution in [0.4, 0.5) is 11.6 Å². The molecular weight excluding hydrogens is 240 g/mol. The van der Waals surface area contributed by atoms with Gasteiger partial charge in [0.1, 0.15) is 0 Å². The van der Waals surface area contributed by atoms with E-state index in [0.717, 1.165) is 0 Å². The van der Waals surface area contributed by atoms with Crippen molar-refractivity contribution >= 4 is 22.5 Å². The molecule has 0 amide bonds. The Labute approximate surface area is 111 Å². The van der Waals surface area contributed by atoms with E-state index < -0.39 is 0 Å². The third-order valence-corrected chi connectivity index (χ3v) is 3.92. The Morgan fingerprint density at radius 2 is 2.11 bits per heavy atom. The summed E-state index contributed by atoms with van der Waals surface area (Å²) in [5, 5.41) is 0.545. The Balaban J connectivity index is 2.05. The smallest absolute Gasteiger partial charge is 0.260 e. The SMILES string of the molecule is CN(c1nc2ccc(N)cc2c(=O)[nH]1)C1CCCC1. The molecule has 1 fully saturated rings. The van der Waals surface area contributed by atoms with Crippen LogP contribution < -0.4 is 16.2 Å². The van der Waals surface area contributed by atoms with Gasteiger partial charge in [-0.1, -0.05) is 12.8 Å². The summed E-state index contributed by atoms with van der Waals surface area (Å²) >= 11 is 0. The molecule has 0 spiro atoms. The highest BCUT2D eigenvalue weighted by Crippen LogP contribution is 2.25. The number of nitrogens with zero attached hydrogens (tertiary/aromatic N) is 2. The highest BCUT2D eigenvalue weighted by molar-refractivity contribution is 5.81. The van der Waals surface area contributed by atoms with Gasteiger partial charge in [0.05, 0.1) is 10.9 Å². The summed E-state index contributed by atoms with van der Waals surface area (Å²) in [6, 6.07) is 5.72. The lowest BCUT2D eigenvalue weighted by Gasteiger charge is -2.24. The van der Waals surface area contributed by atoms with Crippen LogP contribution in [0.1, 0.15) is 25.7 Å². The van der Waals surface area contributed by atoms with Crippen molar-refractivity contribution in [3.05, 3.63) is 28.6 Å². The maximum atomic E-state index is 12.1. The lowest BCUT2D eigenvalue weighted by Crippen LogP contribution is -2.32. The molecule has 0 aliphatic heterocycles. The van der Waals surface area contributed by atoms with Crippen molar-refractivity contribution in [1.82, 2.24) is 9.97 Å². The van der Waals surface area contributed by atoms with Crippen LogP contribution in [0.3, 0.4) is 0 Å². The zero-order chi connectivity index (χ0) is 13.4. The van der Waals surface area contributed by atoms with Crippen molar-refractivity contribution in [3.63, 3.8) is 0 Å². The Morgan fingerprint density at radius 1 is 1.37 bits per heavy atom. The molecule has 0 radical (unpaired) electrons. The maximum absolute atomic E-state index is 12.1. The molecule has 0 atom stereocenters. The van der Waals surface area contributed by atoms with Gasteiger partial charge in [-0.25, -0.2) is 4.98 Å². The fourth-order valence-electron chi connectivity index (χ4n) is 2.78. The van der Waals surface area contributed by atoms with Gasteiger partial charge < -0.3 is 10.6 Å². The van der Waals surface area contributed by atoms with E-state index in [1.807, 2.05) is 7.05 Å². The summed E-state index contributed by atoms with van der Waals surface area (Å²) < 4.78 is 0. The number of aromatic amines is 1. The lowest BCUT2D eigenvalue weighted by atomic mass is 10.2. The zero-order valence-electron chi connectivity index (χ0n) is 11.0. The minimum Gasteiger partial charge on any atom is -0.399 e. The number of H-pyrrole nitrogens is 1. The minimum absolute atomic E-state index is 0.128. The predicted molar refractivity (Wildman–Crippen MR) is 77.4 cm³/mol. The molecule has 1 aliphatic carbocycles. The van der Waals surface area contributed by atoms with Crippen LogP contribution in [-0.4, -0.2) is 23.1 Å². The van der Waals surface area contributed by atoms with Crippen molar-refractivity contribution < 1.29 is 0 Å². The maximum Gasteiger partial charge on any atom is 0.260 e. The van der Waals surface area contributed by atoms with Gasteiger partial charge in [-0.3, -0.25) is 9.78 Å². The Morgan fingerprint density at radius 3 is 2.84 bits per heavy atom. The average Bonchev–Trinajstić information content (AvgIpc) is 2.92. The normalized spacial score (nSPS) is 16.1. The van der Waals surface area contributed by atoms with E-state index in [1.165, 1.54) is 25.7 Å². The summed E-state index contributed by atoms with van der Waals surface area (Å²) in [6.45, 7) is 0. The van der Waals surface area contributed by atoms with E-state index in [0.29, 0.717) is 28.6 Å². The quantitative estimate of drug-likeness (QED) is 0.806. The molecule has 1 aromatic heterocycles. The summed E-state index contributed by atoms with van der Waals surface area (Å²) in [6.07, 6.45) is 4.84. The second-order valence-electron chi connectivity index (χ2n) is 5.22. The molecule has 3 rings (SSSR count). The fourth-order valence-corrected chi connectivity index (χ4v) is 2.78. The number of hydrogen-bond donors (Lipinski definition) is 2. The highest BCUT2D eigenvalue weighted by atomic mass is 16.1. The fraction of sp³-hybridized carbons (Fsp3) is 0.429. The van der Waals surface area contributed by atoms with Gasteiger partial charge in [0.15, 0.2) is 0 Å². The van der Waals surface area contributed by atoms with Crippen molar-refractivity contribution in [2.75, 3.05) is 17.7 Å². The number of fused-ring (bicyclic) bond motifs is 1. The van der Waals surface area contributed by atoms with Gasteiger partial charge in [-0.2, -0.15) is 0 Å². The monoisotopic (exact) mass is 258 g/mol. The van der Waals surface area contributed by atoms with Crippen LogP contribution in [0.2, 0.25) is 0 Å². The Hall–Kier alpha value is -2.04. The molecule has 5 heteroatoms. The summed E-state index contributed by atoms with van der Waals surface area (Å²) in [5.41, 5.74) is 6.84. The topological polar surface area (TPSA) is 75.0 Å². The van der Waals surface area contributed by atoms with E-state index >= 15 is 0 Å². The Bertz CT molecular complexity index is 658. The summed E-state index contributed by atoms with van der Waals surface area (Å²) in [7, 11) is 2.00. The molecule has 1 saturated carbocycles. The van der Waals surface area contributed by atoms with E-state index in [1.54, 1.807) is 18.2 Å². The number of nitrogens with one attached hydrogen (secondary N) is 1. The van der Waals surface area contributed by atoms with E-state index in [-0.39, 0.29) is 5.56 Å². The third kappa shape index (κ3) is 2.16. The number of rotatable bonds is 2. The first-order valence-corrected chi connectivity index (χ1v) is 6.67. The van der Waals surface area contributed by atoms with E-state index in [4.69, 9.17) is 5.73 Å². The molecule has 2 aromatic rings. The van der Waals surface area contributed by atoms with Crippen LogP contribution in [0.25, 0.3) is 10.9 Å². The zero-order valence-corrected chi connectivity index (χ0v) is 11.0. The van der Waals surface area contributed by atoms with Crippen molar-refractivity contribution in [2.24, 2.45) is 0 Å². The van der Waals surface area contributed by atoms with Crippen LogP contribution >= 0.6 is 0 Å². The number of anilines is 2. The van der Waals surface area contributed by atoms with Crippen molar-refractivity contribution in [1.29, 1.82) is 0 Å². The molecule has 3 N–H and O–H groups in total. The molecule has 19 heavy (non-hydrogen) atoms. The number of hydrogen-bond acceptors (Lipinski definition) is 4. The van der Waals surface area contributed by atoms with E-state index in [9.17, 15) is 4.79 Å². The number of benzene rings is 1. The van der Waals surface area contributed by atoms with Crippen LogP contribution in [0, 0.1) is 0 Å². The average molecular weight is 258 g/mol. The molecule has 1 heterocycles. The molecule has 0 saturated heterocycles. The van der Waals surface area contributed by atoms with Crippen LogP contribution in [0.5, 0.6) is 0 Å². The standard InChI is InChI=1S/C14H18N4O/c1-18(10-4-2-3-5-10)14-16-12-7-6-9(15)8-11(12)13(19)17-14/h6-8,10H,2-5,15H2,1H3,(H,16,17,19). The summed E-state index contributed by atoms with van der Waals surface area (Å²) in [4.78, 5) is 21.6. The molecular formula is C14H18N4O. The largest absolute Gasteiger partial charge is 0.399 e. The second-order valence-corrected chi connectivity index (χ2v) is 5.22. The number of nitrogens with two attached hydrogens (primary N) is 1. The molecule has 1 aromatic carbocycles. The Kier molecular flexibility index (Phi) is 2.89. The van der Waals surface area contributed by atoms with Gasteiger partial charge in [0.25, 0.3) is 5.56 Å². The highest BCUT2D eigenvalue weighted by Gasteiger charge is 2.21. The molecule has 100 valence electrons. The van der Waals surface area contributed by atoms with Gasteiger partial charge in [0, 0.05) is 18.8 Å². The van der Waals surface area contributed by atoms with Gasteiger partial charge in [0.2, 0.25) is 5.95 Å². The number of nitrogen functional groups attached to an aromatic ring is 1. The van der Waals surface area contributed by atoms with Gasteiger partial charge in [-0.05, 0) is 31.0 Å². The molecule has 5 nitrogen and oxygen atoms in total. The predicted octanol–water partition coefficient (Wildman–Crippen LogP) is 1.88. The van der Waals surface area contributed by atoms with Gasteiger partial charge in [-0.15, -0.1) is 0 Å². The first-order chi connectivity index (χ1) is 9.15. The van der Waals surface area contributed by atoms with E-state index in [2.05, 4.69) is 14.9 Å². The van der Waals surface area contributed by atoms with Crippen LogP contribution in [0.15, 0.2) is 23.0 Å². The van der Waals surface area contributed by atoms with Crippen molar-refractivity contribution in [2.45, 2.75) is 31.7 Å². The van der Waals surface area contributed by atoms with Crippen LogP contribution in [-0.2, 0) is 0 Å². The lowest BCUT2D eigenvalue weighted by molar-refractivity contribution is 0.638. The van der Waals surface area contributed by atoms with Crippen molar-refractivity contribution in [3.8, 4) is 0 Å². The first kappa shape index (κ1) is 12.0. The molecule has 1 aliphatic rings. The number of aromatic nitrogens is 2. The second kappa shape index (κ2) is 4.57. The third-order valence-electron chi connectivity index (χ3n) is 3.92. The van der Waals surface area contributed by atoms with Gasteiger partial charge >= 0.3 is 0 Å².